The first-order valence-corrected chi connectivity index (χ1v) is 12.3. The van der Waals surface area contributed by atoms with E-state index in [9.17, 15) is 13.2 Å². The van der Waals surface area contributed by atoms with Crippen molar-refractivity contribution in [1.29, 1.82) is 0 Å². The Morgan fingerprint density at radius 3 is 2.38 bits per heavy atom. The number of ether oxygens (including phenoxy) is 2. The predicted octanol–water partition coefficient (Wildman–Crippen LogP) is 4.27. The van der Waals surface area contributed by atoms with Crippen LogP contribution >= 0.6 is 11.6 Å². The Kier molecular flexibility index (Phi) is 7.69. The van der Waals surface area contributed by atoms with E-state index in [-0.39, 0.29) is 21.5 Å². The van der Waals surface area contributed by atoms with Gasteiger partial charge in [-0.25, -0.2) is 8.42 Å². The second-order valence-electron chi connectivity index (χ2n) is 8.04. The van der Waals surface area contributed by atoms with Crippen LogP contribution < -0.4 is 14.8 Å². The maximum atomic E-state index is 13.1. The molecular weight excluding hydrogens is 452 g/mol. The molecule has 1 N–H and O–H groups in total. The van der Waals surface area contributed by atoms with Crippen molar-refractivity contribution in [3.63, 3.8) is 0 Å². The van der Waals surface area contributed by atoms with E-state index in [2.05, 4.69) is 12.2 Å². The molecule has 0 radical (unpaired) electrons. The summed E-state index contributed by atoms with van der Waals surface area (Å²) in [4.78, 5) is 13.0. The molecule has 1 fully saturated rings. The minimum Gasteiger partial charge on any atom is -0.493 e. The lowest BCUT2D eigenvalue weighted by atomic mass is 10.0. The van der Waals surface area contributed by atoms with E-state index >= 15 is 0 Å². The molecule has 0 saturated carbocycles. The summed E-state index contributed by atoms with van der Waals surface area (Å²) in [5, 5.41) is 3.07. The number of sulfonamides is 1. The molecule has 1 heterocycles. The molecule has 0 aliphatic carbocycles. The average Bonchev–Trinajstić information content (AvgIpc) is 2.78. The summed E-state index contributed by atoms with van der Waals surface area (Å²) < 4.78 is 38.2. The SMILES string of the molecule is COc1ccc([C@H](C)NC(=O)c2cc(S(=O)(=O)N3CCC(C)CC3)ccc2Cl)cc1OC. The lowest BCUT2D eigenvalue weighted by Crippen LogP contribution is -2.38. The highest BCUT2D eigenvalue weighted by atomic mass is 35.5. The predicted molar refractivity (Wildman–Crippen MR) is 124 cm³/mol. The zero-order chi connectivity index (χ0) is 23.5. The standard InChI is InChI=1S/C23H29ClN2O5S/c1-15-9-11-26(12-10-15)32(28,29)18-6-7-20(24)19(14-18)23(27)25-16(2)17-5-8-21(30-3)22(13-17)31-4/h5-8,13-16H,9-12H2,1-4H3,(H,25,27)/t16-/m0/s1. The van der Waals surface area contributed by atoms with Crippen molar-refractivity contribution in [2.75, 3.05) is 27.3 Å². The van der Waals surface area contributed by atoms with E-state index in [1.165, 1.54) is 22.5 Å². The van der Waals surface area contributed by atoms with Gasteiger partial charge in [0.2, 0.25) is 10.0 Å². The van der Waals surface area contributed by atoms with E-state index in [1.807, 2.05) is 13.0 Å². The molecule has 1 aliphatic rings. The molecule has 32 heavy (non-hydrogen) atoms. The fourth-order valence-electron chi connectivity index (χ4n) is 3.69. The third-order valence-corrected chi connectivity index (χ3v) is 8.04. The molecule has 0 aromatic heterocycles. The second kappa shape index (κ2) is 10.1. The smallest absolute Gasteiger partial charge is 0.253 e. The summed E-state index contributed by atoms with van der Waals surface area (Å²) in [6.45, 7) is 4.89. The molecule has 2 aromatic carbocycles. The molecule has 1 atom stereocenters. The fraction of sp³-hybridized carbons (Fsp3) is 0.435. The fourth-order valence-corrected chi connectivity index (χ4v) is 5.39. The number of hydrogen-bond donors (Lipinski definition) is 1. The van der Waals surface area contributed by atoms with Gasteiger partial charge in [-0.1, -0.05) is 24.6 Å². The van der Waals surface area contributed by atoms with Crippen LogP contribution in [0.2, 0.25) is 5.02 Å². The van der Waals surface area contributed by atoms with Gasteiger partial charge < -0.3 is 14.8 Å². The Hall–Kier alpha value is -2.29. The number of methoxy groups -OCH3 is 2. The minimum atomic E-state index is -3.69. The summed E-state index contributed by atoms with van der Waals surface area (Å²) in [7, 11) is -0.598. The van der Waals surface area contributed by atoms with E-state index in [0.717, 1.165) is 18.4 Å². The number of benzene rings is 2. The Morgan fingerprint density at radius 1 is 1.09 bits per heavy atom. The first-order chi connectivity index (χ1) is 15.2. The Bertz CT molecular complexity index is 1080. The van der Waals surface area contributed by atoms with Gasteiger partial charge in [0.05, 0.1) is 35.7 Å². The molecular formula is C23H29ClN2O5S. The number of nitrogens with zero attached hydrogens (tertiary/aromatic N) is 1. The first-order valence-electron chi connectivity index (χ1n) is 10.5. The average molecular weight is 481 g/mol. The van der Waals surface area contributed by atoms with Gasteiger partial charge >= 0.3 is 0 Å². The highest BCUT2D eigenvalue weighted by Crippen LogP contribution is 2.31. The van der Waals surface area contributed by atoms with Crippen molar-refractivity contribution in [2.24, 2.45) is 5.92 Å². The quantitative estimate of drug-likeness (QED) is 0.639. The number of hydrogen-bond acceptors (Lipinski definition) is 5. The minimum absolute atomic E-state index is 0.0698. The highest BCUT2D eigenvalue weighted by Gasteiger charge is 2.29. The molecule has 9 heteroatoms. The van der Waals surface area contributed by atoms with Crippen LogP contribution in [0.25, 0.3) is 0 Å². The van der Waals surface area contributed by atoms with Gasteiger partial charge in [0.1, 0.15) is 0 Å². The summed E-state index contributed by atoms with van der Waals surface area (Å²) in [6.07, 6.45) is 1.64. The lowest BCUT2D eigenvalue weighted by Gasteiger charge is -2.29. The Morgan fingerprint density at radius 2 is 1.75 bits per heavy atom. The number of carbonyl (C=O) groups is 1. The van der Waals surface area contributed by atoms with E-state index in [0.29, 0.717) is 30.5 Å². The Labute approximate surface area is 194 Å². The number of amides is 1. The molecule has 174 valence electrons. The van der Waals surface area contributed by atoms with E-state index in [1.54, 1.807) is 26.4 Å². The number of piperidine rings is 1. The van der Waals surface area contributed by atoms with E-state index < -0.39 is 15.9 Å². The third kappa shape index (κ3) is 5.19. The zero-order valence-electron chi connectivity index (χ0n) is 18.7. The Balaban J connectivity index is 1.81. The molecule has 0 spiro atoms. The summed E-state index contributed by atoms with van der Waals surface area (Å²) in [5.74, 6) is 1.18. The van der Waals surface area contributed by atoms with Gasteiger partial charge in [0.25, 0.3) is 5.91 Å². The van der Waals surface area contributed by atoms with Crippen LogP contribution in [0.1, 0.15) is 48.7 Å². The monoisotopic (exact) mass is 480 g/mol. The number of rotatable bonds is 7. The van der Waals surface area contributed by atoms with Crippen molar-refractivity contribution in [3.8, 4) is 11.5 Å². The number of halogens is 1. The topological polar surface area (TPSA) is 84.9 Å². The zero-order valence-corrected chi connectivity index (χ0v) is 20.3. The van der Waals surface area contributed by atoms with Crippen molar-refractivity contribution in [1.82, 2.24) is 9.62 Å². The van der Waals surface area contributed by atoms with Crippen molar-refractivity contribution < 1.29 is 22.7 Å². The van der Waals surface area contributed by atoms with Crippen molar-refractivity contribution >= 4 is 27.5 Å². The molecule has 7 nitrogen and oxygen atoms in total. The second-order valence-corrected chi connectivity index (χ2v) is 10.4. The van der Waals surface area contributed by atoms with Crippen LogP contribution in [0, 0.1) is 5.92 Å². The molecule has 0 bridgehead atoms. The number of nitrogens with one attached hydrogen (secondary N) is 1. The largest absolute Gasteiger partial charge is 0.493 e. The van der Waals surface area contributed by atoms with Crippen molar-refractivity contribution in [2.45, 2.75) is 37.6 Å². The third-order valence-electron chi connectivity index (χ3n) is 5.82. The van der Waals surface area contributed by atoms with Gasteiger partial charge in [-0.15, -0.1) is 0 Å². The maximum absolute atomic E-state index is 13.1. The molecule has 1 amide bonds. The van der Waals surface area contributed by atoms with Crippen LogP contribution in [0.15, 0.2) is 41.3 Å². The molecule has 2 aromatic rings. The molecule has 1 saturated heterocycles. The number of carbonyl (C=O) groups excluding carboxylic acids is 1. The van der Waals surface area contributed by atoms with Crippen molar-refractivity contribution in [3.05, 3.63) is 52.5 Å². The maximum Gasteiger partial charge on any atom is 0.253 e. The lowest BCUT2D eigenvalue weighted by molar-refractivity contribution is 0.0939. The van der Waals surface area contributed by atoms with Crippen LogP contribution in [0.4, 0.5) is 0 Å². The summed E-state index contributed by atoms with van der Waals surface area (Å²) in [5.41, 5.74) is 0.920. The van der Waals surface area contributed by atoms with E-state index in [4.69, 9.17) is 21.1 Å². The van der Waals surface area contributed by atoms with Crippen LogP contribution in [-0.4, -0.2) is 45.9 Å². The highest BCUT2D eigenvalue weighted by molar-refractivity contribution is 7.89. The first kappa shape index (κ1) is 24.4. The van der Waals surface area contributed by atoms with Gasteiger partial charge in [-0.2, -0.15) is 4.31 Å². The molecule has 1 aliphatic heterocycles. The normalized spacial score (nSPS) is 16.4. The van der Waals surface area contributed by atoms with Gasteiger partial charge in [-0.3, -0.25) is 4.79 Å². The van der Waals surface area contributed by atoms with Gasteiger partial charge in [0, 0.05) is 13.1 Å². The van der Waals surface area contributed by atoms with Gasteiger partial charge in [0.15, 0.2) is 11.5 Å². The van der Waals surface area contributed by atoms with Gasteiger partial charge in [-0.05, 0) is 61.6 Å². The molecule has 0 unspecified atom stereocenters. The summed E-state index contributed by atoms with van der Waals surface area (Å²) in [6, 6.07) is 9.25. The summed E-state index contributed by atoms with van der Waals surface area (Å²) >= 11 is 6.26. The van der Waals surface area contributed by atoms with Crippen LogP contribution in [-0.2, 0) is 10.0 Å². The van der Waals surface area contributed by atoms with Crippen LogP contribution in [0.3, 0.4) is 0 Å². The molecule has 3 rings (SSSR count). The van der Waals surface area contributed by atoms with Crippen LogP contribution in [0.5, 0.6) is 11.5 Å².